The van der Waals surface area contributed by atoms with Crippen LogP contribution in [0.3, 0.4) is 0 Å². The first-order valence-electron chi connectivity index (χ1n) is 6.87. The summed E-state index contributed by atoms with van der Waals surface area (Å²) in [5.74, 6) is 0.750. The molecule has 1 heterocycles. The van der Waals surface area contributed by atoms with Crippen LogP contribution in [0.25, 0.3) is 0 Å². The molecule has 0 spiro atoms. The molecule has 1 unspecified atom stereocenters. The number of hydrogen-bond donors (Lipinski definition) is 1. The molecule has 2 heteroatoms. The van der Waals surface area contributed by atoms with E-state index in [0.717, 1.165) is 19.1 Å². The first-order valence-corrected chi connectivity index (χ1v) is 6.87. The number of rotatable bonds is 7. The van der Waals surface area contributed by atoms with Crippen molar-refractivity contribution in [1.29, 1.82) is 0 Å². The highest BCUT2D eigenvalue weighted by Gasteiger charge is 2.23. The average Bonchev–Trinajstić information content (AvgIpc) is 2.35. The zero-order chi connectivity index (χ0) is 11.8. The Hall–Kier alpha value is -0.500. The Morgan fingerprint density at radius 1 is 1.31 bits per heavy atom. The Morgan fingerprint density at radius 2 is 2.06 bits per heavy atom. The fourth-order valence-electron chi connectivity index (χ4n) is 2.47. The maximum absolute atomic E-state index is 5.48. The molecule has 0 amide bonds. The van der Waals surface area contributed by atoms with Gasteiger partial charge in [0.1, 0.15) is 0 Å². The molecule has 0 fully saturated rings. The van der Waals surface area contributed by atoms with Crippen LogP contribution in [0.4, 0.5) is 0 Å². The Labute approximate surface area is 100 Å². The van der Waals surface area contributed by atoms with E-state index >= 15 is 0 Å². The topological polar surface area (TPSA) is 21.3 Å². The molecule has 94 valence electrons. The summed E-state index contributed by atoms with van der Waals surface area (Å²) in [4.78, 5) is 0. The minimum absolute atomic E-state index is 0.537. The molecule has 1 aliphatic rings. The Balaban J connectivity index is 2.64. The second-order valence-corrected chi connectivity index (χ2v) is 4.68. The van der Waals surface area contributed by atoms with Gasteiger partial charge in [0.2, 0.25) is 0 Å². The van der Waals surface area contributed by atoms with Crippen molar-refractivity contribution in [3.05, 3.63) is 11.8 Å². The zero-order valence-corrected chi connectivity index (χ0v) is 11.1. The SMILES string of the molecule is CCCNC(C1=COCCC1)C(CC)CC. The zero-order valence-electron chi connectivity index (χ0n) is 11.1. The molecule has 1 aliphatic heterocycles. The molecule has 0 aromatic carbocycles. The van der Waals surface area contributed by atoms with Gasteiger partial charge in [0.25, 0.3) is 0 Å². The summed E-state index contributed by atoms with van der Waals surface area (Å²) in [6, 6.07) is 0.537. The molecule has 0 radical (unpaired) electrons. The predicted octanol–water partition coefficient (Wildman–Crippen LogP) is 3.49. The molecule has 0 saturated carbocycles. The van der Waals surface area contributed by atoms with Gasteiger partial charge in [-0.2, -0.15) is 0 Å². The fraction of sp³-hybridized carbons (Fsp3) is 0.857. The molecule has 0 aromatic heterocycles. The van der Waals surface area contributed by atoms with Gasteiger partial charge in [0, 0.05) is 6.04 Å². The van der Waals surface area contributed by atoms with Crippen LogP contribution in [0.15, 0.2) is 11.8 Å². The van der Waals surface area contributed by atoms with Gasteiger partial charge in [-0.1, -0.05) is 33.6 Å². The van der Waals surface area contributed by atoms with Gasteiger partial charge in [0.05, 0.1) is 12.9 Å². The monoisotopic (exact) mass is 225 g/mol. The maximum atomic E-state index is 5.48. The lowest BCUT2D eigenvalue weighted by Gasteiger charge is -2.30. The predicted molar refractivity (Wildman–Crippen MR) is 69.4 cm³/mol. The lowest BCUT2D eigenvalue weighted by atomic mass is 9.86. The van der Waals surface area contributed by atoms with Gasteiger partial charge in [-0.15, -0.1) is 0 Å². The van der Waals surface area contributed by atoms with Gasteiger partial charge in [-0.25, -0.2) is 0 Å². The van der Waals surface area contributed by atoms with E-state index < -0.39 is 0 Å². The summed E-state index contributed by atoms with van der Waals surface area (Å²) in [5.41, 5.74) is 1.48. The molecule has 0 saturated heterocycles. The van der Waals surface area contributed by atoms with Crippen LogP contribution in [-0.4, -0.2) is 19.2 Å². The van der Waals surface area contributed by atoms with E-state index in [9.17, 15) is 0 Å². The first-order chi connectivity index (χ1) is 7.83. The van der Waals surface area contributed by atoms with Crippen LogP contribution >= 0.6 is 0 Å². The molecule has 0 aromatic rings. The second kappa shape index (κ2) is 7.72. The average molecular weight is 225 g/mol. The third-order valence-electron chi connectivity index (χ3n) is 3.50. The van der Waals surface area contributed by atoms with Gasteiger partial charge in [-0.05, 0) is 37.3 Å². The molecule has 1 N–H and O–H groups in total. The lowest BCUT2D eigenvalue weighted by molar-refractivity contribution is 0.212. The van der Waals surface area contributed by atoms with Crippen molar-refractivity contribution < 1.29 is 4.74 Å². The molecule has 0 aliphatic carbocycles. The minimum atomic E-state index is 0.537. The van der Waals surface area contributed by atoms with Gasteiger partial charge in [0.15, 0.2) is 0 Å². The highest BCUT2D eigenvalue weighted by molar-refractivity contribution is 5.11. The van der Waals surface area contributed by atoms with Crippen LogP contribution in [0, 0.1) is 5.92 Å². The third kappa shape index (κ3) is 3.82. The van der Waals surface area contributed by atoms with Crippen molar-refractivity contribution in [2.24, 2.45) is 5.92 Å². The van der Waals surface area contributed by atoms with Crippen LogP contribution in [0.5, 0.6) is 0 Å². The molecule has 16 heavy (non-hydrogen) atoms. The fourth-order valence-corrected chi connectivity index (χ4v) is 2.47. The van der Waals surface area contributed by atoms with E-state index in [-0.39, 0.29) is 0 Å². The smallest absolute Gasteiger partial charge is 0.0876 e. The molecule has 2 nitrogen and oxygen atoms in total. The van der Waals surface area contributed by atoms with E-state index in [4.69, 9.17) is 4.74 Å². The lowest BCUT2D eigenvalue weighted by Crippen LogP contribution is -2.38. The first kappa shape index (κ1) is 13.6. The molecule has 1 atom stereocenters. The van der Waals surface area contributed by atoms with Crippen LogP contribution in [0.2, 0.25) is 0 Å². The van der Waals surface area contributed by atoms with E-state index in [1.165, 1.54) is 37.7 Å². The molecule has 1 rings (SSSR count). The maximum Gasteiger partial charge on any atom is 0.0876 e. The van der Waals surface area contributed by atoms with Crippen LogP contribution in [-0.2, 0) is 4.74 Å². The van der Waals surface area contributed by atoms with Crippen molar-refractivity contribution in [2.75, 3.05) is 13.2 Å². The van der Waals surface area contributed by atoms with Gasteiger partial charge < -0.3 is 10.1 Å². The van der Waals surface area contributed by atoms with Crippen molar-refractivity contribution in [2.45, 2.75) is 58.9 Å². The summed E-state index contributed by atoms with van der Waals surface area (Å²) in [7, 11) is 0. The van der Waals surface area contributed by atoms with Crippen LogP contribution < -0.4 is 5.32 Å². The van der Waals surface area contributed by atoms with Crippen molar-refractivity contribution in [3.63, 3.8) is 0 Å². The minimum Gasteiger partial charge on any atom is -0.501 e. The van der Waals surface area contributed by atoms with Crippen molar-refractivity contribution in [3.8, 4) is 0 Å². The Bertz CT molecular complexity index is 209. The number of nitrogens with one attached hydrogen (secondary N) is 1. The molecular formula is C14H27NO. The Kier molecular flexibility index (Phi) is 6.55. The largest absolute Gasteiger partial charge is 0.501 e. The Morgan fingerprint density at radius 3 is 2.56 bits per heavy atom. The molecule has 0 bridgehead atoms. The second-order valence-electron chi connectivity index (χ2n) is 4.68. The third-order valence-corrected chi connectivity index (χ3v) is 3.50. The van der Waals surface area contributed by atoms with E-state index in [2.05, 4.69) is 26.1 Å². The van der Waals surface area contributed by atoms with Gasteiger partial charge >= 0.3 is 0 Å². The van der Waals surface area contributed by atoms with Crippen molar-refractivity contribution >= 4 is 0 Å². The van der Waals surface area contributed by atoms with E-state index in [1.807, 2.05) is 6.26 Å². The summed E-state index contributed by atoms with van der Waals surface area (Å²) >= 11 is 0. The summed E-state index contributed by atoms with van der Waals surface area (Å²) in [5, 5.41) is 3.69. The van der Waals surface area contributed by atoms with Crippen LogP contribution in [0.1, 0.15) is 52.9 Å². The summed E-state index contributed by atoms with van der Waals surface area (Å²) < 4.78 is 5.48. The van der Waals surface area contributed by atoms with Gasteiger partial charge in [-0.3, -0.25) is 0 Å². The number of ether oxygens (including phenoxy) is 1. The highest BCUT2D eigenvalue weighted by atomic mass is 16.5. The normalized spacial score (nSPS) is 18.1. The summed E-state index contributed by atoms with van der Waals surface area (Å²) in [6.07, 6.45) is 8.08. The quantitative estimate of drug-likeness (QED) is 0.716. The standard InChI is InChI=1S/C14H27NO/c1-4-9-15-14(12(5-2)6-3)13-8-7-10-16-11-13/h11-12,14-15H,4-10H2,1-3H3. The highest BCUT2D eigenvalue weighted by Crippen LogP contribution is 2.25. The molecular weight excluding hydrogens is 198 g/mol. The van der Waals surface area contributed by atoms with Crippen molar-refractivity contribution in [1.82, 2.24) is 5.32 Å². The van der Waals surface area contributed by atoms with E-state index in [0.29, 0.717) is 6.04 Å². The number of hydrogen-bond acceptors (Lipinski definition) is 2. The van der Waals surface area contributed by atoms with E-state index in [1.54, 1.807) is 0 Å². The summed E-state index contributed by atoms with van der Waals surface area (Å²) in [6.45, 7) is 8.81.